The Morgan fingerprint density at radius 2 is 1.74 bits per heavy atom. The van der Waals surface area contributed by atoms with Crippen molar-refractivity contribution in [1.82, 2.24) is 4.98 Å². The maximum Gasteiger partial charge on any atom is 0.263 e. The van der Waals surface area contributed by atoms with Crippen molar-refractivity contribution in [3.05, 3.63) is 53.7 Å². The monoisotopic (exact) mass is 284 g/mol. The SMILES string of the molecule is Cc1ccc(NS(=O)(=O)c2cc(F)cc(F)c2)nc1. The Balaban J connectivity index is 2.34. The molecule has 7 heteroatoms. The van der Waals surface area contributed by atoms with Crippen LogP contribution in [-0.4, -0.2) is 13.4 Å². The molecule has 0 aliphatic carbocycles. The van der Waals surface area contributed by atoms with E-state index >= 15 is 0 Å². The second kappa shape index (κ2) is 4.93. The lowest BCUT2D eigenvalue weighted by molar-refractivity contribution is 0.568. The van der Waals surface area contributed by atoms with Crippen molar-refractivity contribution in [3.63, 3.8) is 0 Å². The van der Waals surface area contributed by atoms with Crippen LogP contribution in [0.4, 0.5) is 14.6 Å². The summed E-state index contributed by atoms with van der Waals surface area (Å²) in [6.45, 7) is 1.80. The summed E-state index contributed by atoms with van der Waals surface area (Å²) in [4.78, 5) is 3.36. The minimum absolute atomic E-state index is 0.0790. The average Bonchev–Trinajstić information content (AvgIpc) is 2.31. The number of sulfonamides is 1. The number of pyridine rings is 1. The minimum Gasteiger partial charge on any atom is -0.263 e. The third-order valence-corrected chi connectivity index (χ3v) is 3.63. The zero-order valence-corrected chi connectivity index (χ0v) is 10.7. The highest BCUT2D eigenvalue weighted by Crippen LogP contribution is 2.17. The fourth-order valence-corrected chi connectivity index (χ4v) is 2.46. The van der Waals surface area contributed by atoms with E-state index in [2.05, 4.69) is 9.71 Å². The van der Waals surface area contributed by atoms with E-state index in [9.17, 15) is 17.2 Å². The fourth-order valence-electron chi connectivity index (χ4n) is 1.41. The standard InChI is InChI=1S/C12H10F2N2O2S/c1-8-2-3-12(15-7-8)16-19(17,18)11-5-9(13)4-10(14)6-11/h2-7H,1H3,(H,15,16). The zero-order chi connectivity index (χ0) is 14.0. The molecule has 1 N–H and O–H groups in total. The second-order valence-electron chi connectivity index (χ2n) is 3.93. The molecular weight excluding hydrogens is 274 g/mol. The van der Waals surface area contributed by atoms with Crippen molar-refractivity contribution in [2.75, 3.05) is 4.72 Å². The highest BCUT2D eigenvalue weighted by molar-refractivity contribution is 7.92. The molecule has 0 fully saturated rings. The Labute approximate surface area is 109 Å². The zero-order valence-electron chi connectivity index (χ0n) is 9.89. The van der Waals surface area contributed by atoms with Crippen molar-refractivity contribution in [1.29, 1.82) is 0 Å². The van der Waals surface area contributed by atoms with Crippen LogP contribution in [0.1, 0.15) is 5.56 Å². The van der Waals surface area contributed by atoms with Gasteiger partial charge in [0.25, 0.3) is 10.0 Å². The number of hydrogen-bond acceptors (Lipinski definition) is 3. The fraction of sp³-hybridized carbons (Fsp3) is 0.0833. The Kier molecular flexibility index (Phi) is 3.48. The lowest BCUT2D eigenvalue weighted by Crippen LogP contribution is -2.14. The van der Waals surface area contributed by atoms with E-state index in [-0.39, 0.29) is 5.82 Å². The molecular formula is C12H10F2N2O2S. The van der Waals surface area contributed by atoms with Crippen LogP contribution in [0, 0.1) is 18.6 Å². The van der Waals surface area contributed by atoms with Gasteiger partial charge in [-0.25, -0.2) is 22.2 Å². The van der Waals surface area contributed by atoms with E-state index in [1.54, 1.807) is 13.0 Å². The van der Waals surface area contributed by atoms with Gasteiger partial charge in [-0.1, -0.05) is 6.07 Å². The Morgan fingerprint density at radius 1 is 1.11 bits per heavy atom. The molecule has 0 unspecified atom stereocenters. The van der Waals surface area contributed by atoms with Crippen molar-refractivity contribution in [2.45, 2.75) is 11.8 Å². The Bertz CT molecular complexity index is 680. The summed E-state index contributed by atoms with van der Waals surface area (Å²) in [6, 6.07) is 5.20. The summed E-state index contributed by atoms with van der Waals surface area (Å²) in [7, 11) is -4.06. The summed E-state index contributed by atoms with van der Waals surface area (Å²) in [5.74, 6) is -1.84. The van der Waals surface area contributed by atoms with Gasteiger partial charge in [-0.3, -0.25) is 4.72 Å². The number of nitrogens with zero attached hydrogens (tertiary/aromatic N) is 1. The van der Waals surface area contributed by atoms with E-state index in [1.807, 2.05) is 0 Å². The quantitative estimate of drug-likeness (QED) is 0.942. The van der Waals surface area contributed by atoms with E-state index in [1.165, 1.54) is 12.3 Å². The van der Waals surface area contributed by atoms with Crippen LogP contribution in [0.3, 0.4) is 0 Å². The smallest absolute Gasteiger partial charge is 0.263 e. The largest absolute Gasteiger partial charge is 0.263 e. The highest BCUT2D eigenvalue weighted by Gasteiger charge is 2.17. The topological polar surface area (TPSA) is 59.1 Å². The van der Waals surface area contributed by atoms with Crippen LogP contribution in [0.5, 0.6) is 0 Å². The van der Waals surface area contributed by atoms with Crippen LogP contribution < -0.4 is 4.72 Å². The molecule has 0 radical (unpaired) electrons. The number of halogens is 2. The van der Waals surface area contributed by atoms with Gasteiger partial charge in [-0.2, -0.15) is 0 Å². The third kappa shape index (κ3) is 3.25. The van der Waals surface area contributed by atoms with Gasteiger partial charge in [0.1, 0.15) is 17.5 Å². The summed E-state index contributed by atoms with van der Waals surface area (Å²) >= 11 is 0. The minimum atomic E-state index is -4.06. The van der Waals surface area contributed by atoms with E-state index < -0.39 is 26.6 Å². The molecule has 0 saturated carbocycles. The molecule has 2 aromatic rings. The van der Waals surface area contributed by atoms with Gasteiger partial charge in [0, 0.05) is 12.3 Å². The van der Waals surface area contributed by atoms with Crippen LogP contribution in [0.15, 0.2) is 41.4 Å². The summed E-state index contributed by atoms with van der Waals surface area (Å²) in [6.07, 6.45) is 1.48. The first kappa shape index (κ1) is 13.4. The first-order chi connectivity index (χ1) is 8.87. The van der Waals surface area contributed by atoms with Crippen LogP contribution in [0.25, 0.3) is 0 Å². The predicted molar refractivity (Wildman–Crippen MR) is 66.1 cm³/mol. The van der Waals surface area contributed by atoms with Gasteiger partial charge >= 0.3 is 0 Å². The van der Waals surface area contributed by atoms with E-state index in [0.29, 0.717) is 6.07 Å². The summed E-state index contributed by atoms with van der Waals surface area (Å²) in [5.41, 5.74) is 0.861. The number of hydrogen-bond donors (Lipinski definition) is 1. The Morgan fingerprint density at radius 3 is 2.26 bits per heavy atom. The molecule has 0 atom stereocenters. The van der Waals surface area contributed by atoms with E-state index in [4.69, 9.17) is 0 Å². The van der Waals surface area contributed by atoms with Gasteiger partial charge < -0.3 is 0 Å². The molecule has 0 amide bonds. The number of benzene rings is 1. The van der Waals surface area contributed by atoms with Gasteiger partial charge in [0.15, 0.2) is 0 Å². The molecule has 2 rings (SSSR count). The number of aromatic nitrogens is 1. The maximum atomic E-state index is 13.0. The van der Waals surface area contributed by atoms with Crippen LogP contribution in [0.2, 0.25) is 0 Å². The third-order valence-electron chi connectivity index (χ3n) is 2.30. The first-order valence-electron chi connectivity index (χ1n) is 5.28. The normalized spacial score (nSPS) is 11.3. The summed E-state index contributed by atoms with van der Waals surface area (Å²) < 4.78 is 52.0. The molecule has 1 heterocycles. The van der Waals surface area contributed by atoms with Gasteiger partial charge in [-0.15, -0.1) is 0 Å². The van der Waals surface area contributed by atoms with Crippen LogP contribution >= 0.6 is 0 Å². The molecule has 0 aliphatic heterocycles. The lowest BCUT2D eigenvalue weighted by Gasteiger charge is -2.07. The molecule has 0 aliphatic rings. The molecule has 0 spiro atoms. The van der Waals surface area contributed by atoms with Gasteiger partial charge in [-0.05, 0) is 30.7 Å². The highest BCUT2D eigenvalue weighted by atomic mass is 32.2. The number of rotatable bonds is 3. The van der Waals surface area contributed by atoms with Gasteiger partial charge in [0.2, 0.25) is 0 Å². The van der Waals surface area contributed by atoms with Crippen molar-refractivity contribution in [2.24, 2.45) is 0 Å². The number of aryl methyl sites for hydroxylation is 1. The molecule has 0 bridgehead atoms. The number of nitrogens with one attached hydrogen (secondary N) is 1. The molecule has 0 saturated heterocycles. The van der Waals surface area contributed by atoms with Crippen molar-refractivity contribution >= 4 is 15.8 Å². The maximum absolute atomic E-state index is 13.0. The molecule has 4 nitrogen and oxygen atoms in total. The Hall–Kier alpha value is -2.02. The van der Waals surface area contributed by atoms with E-state index in [0.717, 1.165) is 17.7 Å². The molecule has 1 aromatic carbocycles. The average molecular weight is 284 g/mol. The summed E-state index contributed by atoms with van der Waals surface area (Å²) in [5, 5.41) is 0. The van der Waals surface area contributed by atoms with Crippen molar-refractivity contribution < 1.29 is 17.2 Å². The second-order valence-corrected chi connectivity index (χ2v) is 5.61. The first-order valence-corrected chi connectivity index (χ1v) is 6.77. The molecule has 1 aromatic heterocycles. The van der Waals surface area contributed by atoms with Gasteiger partial charge in [0.05, 0.1) is 4.90 Å². The lowest BCUT2D eigenvalue weighted by atomic mass is 10.3. The molecule has 19 heavy (non-hydrogen) atoms. The number of anilines is 1. The van der Waals surface area contributed by atoms with Crippen molar-refractivity contribution in [3.8, 4) is 0 Å². The van der Waals surface area contributed by atoms with Crippen LogP contribution in [-0.2, 0) is 10.0 Å². The predicted octanol–water partition coefficient (Wildman–Crippen LogP) is 2.47. The molecule has 100 valence electrons.